The summed E-state index contributed by atoms with van der Waals surface area (Å²) in [5, 5.41) is 8.01. The number of carbonyl (C=O) groups excluding carboxylic acids is 2. The molecule has 0 aromatic carbocycles. The number of aliphatic carboxylic acids is 1. The van der Waals surface area contributed by atoms with E-state index in [1.54, 1.807) is 6.92 Å². The van der Waals surface area contributed by atoms with E-state index in [1.807, 2.05) is 0 Å². The largest absolute Gasteiger partial charge is 0.481 e. The van der Waals surface area contributed by atoms with E-state index in [9.17, 15) is 14.4 Å². The van der Waals surface area contributed by atoms with Gasteiger partial charge in [0, 0.05) is 6.92 Å². The smallest absolute Gasteiger partial charge is 0.317 e. The Bertz CT molecular complexity index is 185. The third-order valence-corrected chi connectivity index (χ3v) is 0.601. The molecule has 0 rings (SSSR count). The zero-order valence-corrected chi connectivity index (χ0v) is 7.57. The van der Waals surface area contributed by atoms with E-state index in [0.717, 1.165) is 0 Å². The Morgan fingerprint density at radius 2 is 1.77 bits per heavy atom. The Labute approximate surface area is 75.7 Å². The van der Waals surface area contributed by atoms with Crippen molar-refractivity contribution in [2.45, 2.75) is 20.3 Å². The molecule has 6 nitrogen and oxygen atoms in total. The van der Waals surface area contributed by atoms with E-state index in [2.05, 4.69) is 10.5 Å². The SMILES string of the molecule is CC(N)=O.CCOC(=O)CC(=O)O. The van der Waals surface area contributed by atoms with Gasteiger partial charge < -0.3 is 15.6 Å². The fraction of sp³-hybridized carbons (Fsp3) is 0.571. The highest BCUT2D eigenvalue weighted by Gasteiger charge is 2.06. The van der Waals surface area contributed by atoms with Gasteiger partial charge in [0.25, 0.3) is 0 Å². The van der Waals surface area contributed by atoms with Gasteiger partial charge in [0.2, 0.25) is 5.91 Å². The average molecular weight is 191 g/mol. The molecule has 0 aliphatic heterocycles. The molecule has 3 N–H and O–H groups in total. The van der Waals surface area contributed by atoms with Crippen molar-refractivity contribution in [1.29, 1.82) is 0 Å². The molecular formula is C7H13NO5. The van der Waals surface area contributed by atoms with Gasteiger partial charge in [-0.25, -0.2) is 0 Å². The zero-order chi connectivity index (χ0) is 10.9. The molecule has 0 atom stereocenters. The maximum Gasteiger partial charge on any atom is 0.317 e. The number of amides is 1. The van der Waals surface area contributed by atoms with Crippen LogP contribution in [0.4, 0.5) is 0 Å². The van der Waals surface area contributed by atoms with Crippen LogP contribution in [-0.2, 0) is 19.1 Å². The molecule has 76 valence electrons. The molecule has 0 fully saturated rings. The van der Waals surface area contributed by atoms with E-state index < -0.39 is 18.4 Å². The number of carbonyl (C=O) groups is 3. The quantitative estimate of drug-likeness (QED) is 0.462. The first-order chi connectivity index (χ1) is 5.90. The Morgan fingerprint density at radius 3 is 2.00 bits per heavy atom. The second kappa shape index (κ2) is 8.51. The van der Waals surface area contributed by atoms with Crippen LogP contribution in [0.3, 0.4) is 0 Å². The van der Waals surface area contributed by atoms with Crippen LogP contribution >= 0.6 is 0 Å². The van der Waals surface area contributed by atoms with Crippen LogP contribution in [0.15, 0.2) is 0 Å². The minimum Gasteiger partial charge on any atom is -0.481 e. The first kappa shape index (κ1) is 14.0. The number of hydrogen-bond acceptors (Lipinski definition) is 4. The number of nitrogens with two attached hydrogens (primary N) is 1. The summed E-state index contributed by atoms with van der Waals surface area (Å²) in [6.07, 6.45) is -0.548. The van der Waals surface area contributed by atoms with Crippen LogP contribution in [0.2, 0.25) is 0 Å². The molecule has 0 aromatic heterocycles. The Balaban J connectivity index is 0. The standard InChI is InChI=1S/C5H8O4.C2H5NO/c1-2-9-5(8)3-4(6)7;1-2(3)4/h2-3H2,1H3,(H,6,7);1H3,(H2,3,4). The molecule has 0 unspecified atom stereocenters. The van der Waals surface area contributed by atoms with E-state index in [0.29, 0.717) is 0 Å². The summed E-state index contributed by atoms with van der Waals surface area (Å²) in [5.41, 5.74) is 4.47. The van der Waals surface area contributed by atoms with E-state index in [4.69, 9.17) is 5.11 Å². The summed E-state index contributed by atoms with van der Waals surface area (Å²) in [6.45, 7) is 3.16. The van der Waals surface area contributed by atoms with Crippen molar-refractivity contribution in [1.82, 2.24) is 0 Å². The van der Waals surface area contributed by atoms with Crippen molar-refractivity contribution in [3.63, 3.8) is 0 Å². The molecular weight excluding hydrogens is 178 g/mol. The molecule has 0 saturated heterocycles. The molecule has 0 aromatic rings. The first-order valence-electron chi connectivity index (χ1n) is 3.53. The molecule has 0 spiro atoms. The molecule has 1 amide bonds. The number of primary amides is 1. The lowest BCUT2D eigenvalue weighted by Crippen LogP contribution is -2.09. The maximum atomic E-state index is 10.3. The van der Waals surface area contributed by atoms with Crippen LogP contribution in [0, 0.1) is 0 Å². The van der Waals surface area contributed by atoms with Gasteiger partial charge in [0.15, 0.2) is 0 Å². The second-order valence-corrected chi connectivity index (χ2v) is 1.99. The lowest BCUT2D eigenvalue weighted by atomic mass is 10.4. The predicted octanol–water partition coefficient (Wildman–Crippen LogP) is -0.484. The molecule has 0 bridgehead atoms. The molecule has 0 saturated carbocycles. The zero-order valence-electron chi connectivity index (χ0n) is 7.57. The maximum absolute atomic E-state index is 10.3. The van der Waals surface area contributed by atoms with Crippen LogP contribution in [0.1, 0.15) is 20.3 Å². The highest BCUT2D eigenvalue weighted by Crippen LogP contribution is 1.84. The summed E-state index contributed by atoms with van der Waals surface area (Å²) in [6, 6.07) is 0. The van der Waals surface area contributed by atoms with Crippen molar-refractivity contribution in [3.05, 3.63) is 0 Å². The van der Waals surface area contributed by atoms with Crippen LogP contribution in [0.25, 0.3) is 0 Å². The predicted molar refractivity (Wildman–Crippen MR) is 43.8 cm³/mol. The fourth-order valence-corrected chi connectivity index (χ4v) is 0.335. The van der Waals surface area contributed by atoms with Crippen molar-refractivity contribution >= 4 is 17.8 Å². The fourth-order valence-electron chi connectivity index (χ4n) is 0.335. The van der Waals surface area contributed by atoms with Crippen molar-refractivity contribution in [2.75, 3.05) is 6.61 Å². The van der Waals surface area contributed by atoms with Gasteiger partial charge in [-0.1, -0.05) is 0 Å². The van der Waals surface area contributed by atoms with Crippen LogP contribution < -0.4 is 5.73 Å². The minimum atomic E-state index is -1.16. The van der Waals surface area contributed by atoms with Gasteiger partial charge in [0.1, 0.15) is 6.42 Å². The molecule has 0 aliphatic rings. The molecule has 0 radical (unpaired) electrons. The third-order valence-electron chi connectivity index (χ3n) is 0.601. The van der Waals surface area contributed by atoms with Crippen molar-refractivity contribution in [3.8, 4) is 0 Å². The van der Waals surface area contributed by atoms with Crippen LogP contribution in [0.5, 0.6) is 0 Å². The second-order valence-electron chi connectivity index (χ2n) is 1.99. The number of esters is 1. The molecule has 6 heteroatoms. The Kier molecular flexibility index (Phi) is 9.14. The summed E-state index contributed by atoms with van der Waals surface area (Å²) < 4.78 is 4.33. The highest BCUT2D eigenvalue weighted by atomic mass is 16.5. The lowest BCUT2D eigenvalue weighted by Gasteiger charge is -1.95. The topological polar surface area (TPSA) is 107 Å². The Hall–Kier alpha value is -1.59. The van der Waals surface area contributed by atoms with Crippen LogP contribution in [-0.4, -0.2) is 29.6 Å². The van der Waals surface area contributed by atoms with E-state index >= 15 is 0 Å². The minimum absolute atomic E-state index is 0.228. The summed E-state index contributed by atoms with van der Waals surface area (Å²) in [4.78, 5) is 29.3. The van der Waals surface area contributed by atoms with Gasteiger partial charge >= 0.3 is 11.9 Å². The van der Waals surface area contributed by atoms with Crippen molar-refractivity contribution in [2.24, 2.45) is 5.73 Å². The molecule has 0 aliphatic carbocycles. The van der Waals surface area contributed by atoms with Gasteiger partial charge in [-0.15, -0.1) is 0 Å². The summed E-state index contributed by atoms with van der Waals surface area (Å²) >= 11 is 0. The Morgan fingerprint density at radius 1 is 1.38 bits per heavy atom. The average Bonchev–Trinajstić information content (AvgIpc) is 1.83. The number of carboxylic acid groups (broad SMARTS) is 1. The first-order valence-corrected chi connectivity index (χ1v) is 3.53. The van der Waals surface area contributed by atoms with Gasteiger partial charge in [-0.05, 0) is 6.92 Å². The number of ether oxygens (including phenoxy) is 1. The monoisotopic (exact) mass is 191 g/mol. The van der Waals surface area contributed by atoms with Crippen molar-refractivity contribution < 1.29 is 24.2 Å². The normalized spacial score (nSPS) is 7.85. The summed E-state index contributed by atoms with van der Waals surface area (Å²) in [5.74, 6) is -2.18. The van der Waals surface area contributed by atoms with E-state index in [-0.39, 0.29) is 12.5 Å². The summed E-state index contributed by atoms with van der Waals surface area (Å²) in [7, 11) is 0. The third kappa shape index (κ3) is 25.2. The highest BCUT2D eigenvalue weighted by molar-refractivity contribution is 5.90. The molecule has 13 heavy (non-hydrogen) atoms. The van der Waals surface area contributed by atoms with E-state index in [1.165, 1.54) is 6.92 Å². The molecule has 0 heterocycles. The number of hydrogen-bond donors (Lipinski definition) is 2. The lowest BCUT2D eigenvalue weighted by molar-refractivity contribution is -0.150. The number of carboxylic acids is 1. The van der Waals surface area contributed by atoms with Gasteiger partial charge in [-0.3, -0.25) is 14.4 Å². The van der Waals surface area contributed by atoms with Gasteiger partial charge in [-0.2, -0.15) is 0 Å². The van der Waals surface area contributed by atoms with Gasteiger partial charge in [0.05, 0.1) is 6.61 Å². The number of rotatable bonds is 3.